The molecule has 1 aromatic rings. The lowest BCUT2D eigenvalue weighted by molar-refractivity contribution is 0.128. The zero-order valence-electron chi connectivity index (χ0n) is 11.5. The van der Waals surface area contributed by atoms with E-state index in [2.05, 4.69) is 42.5 Å². The van der Waals surface area contributed by atoms with Crippen molar-refractivity contribution in [3.8, 4) is 0 Å². The minimum Gasteiger partial charge on any atom is -0.390 e. The van der Waals surface area contributed by atoms with Gasteiger partial charge in [-0.15, -0.1) is 11.8 Å². The van der Waals surface area contributed by atoms with E-state index in [-0.39, 0.29) is 6.10 Å². The Balaban J connectivity index is 2.39. The Labute approximate surface area is 115 Å². The molecule has 0 heterocycles. The van der Waals surface area contributed by atoms with Gasteiger partial charge < -0.3 is 15.3 Å². The molecule has 0 saturated heterocycles. The van der Waals surface area contributed by atoms with Gasteiger partial charge in [0.05, 0.1) is 6.10 Å². The molecule has 0 fully saturated rings. The molecule has 1 atom stereocenters. The van der Waals surface area contributed by atoms with Crippen LogP contribution in [0.5, 0.6) is 0 Å². The first-order valence-electron chi connectivity index (χ1n) is 6.47. The molecular formula is C14H24N2OS. The van der Waals surface area contributed by atoms with Crippen molar-refractivity contribution in [2.75, 3.05) is 37.8 Å². The number of benzene rings is 1. The van der Waals surface area contributed by atoms with E-state index in [1.165, 1.54) is 4.90 Å². The van der Waals surface area contributed by atoms with Crippen molar-refractivity contribution in [2.45, 2.75) is 24.8 Å². The topological polar surface area (TPSA) is 35.5 Å². The summed E-state index contributed by atoms with van der Waals surface area (Å²) < 4.78 is 0. The summed E-state index contributed by atoms with van der Waals surface area (Å²) in [5.41, 5.74) is 1.07. The van der Waals surface area contributed by atoms with E-state index in [0.29, 0.717) is 6.54 Å². The average Bonchev–Trinajstić information content (AvgIpc) is 2.42. The van der Waals surface area contributed by atoms with Crippen LogP contribution < -0.4 is 5.32 Å². The van der Waals surface area contributed by atoms with Crippen LogP contribution in [0.1, 0.15) is 13.8 Å². The van der Waals surface area contributed by atoms with Crippen LogP contribution in [0.4, 0.5) is 5.69 Å². The number of aliphatic hydroxyl groups is 1. The fraction of sp³-hybridized carbons (Fsp3) is 0.571. The number of aliphatic hydroxyl groups excluding tert-OH is 1. The third kappa shape index (κ3) is 5.29. The lowest BCUT2D eigenvalue weighted by Gasteiger charge is -2.22. The third-order valence-electron chi connectivity index (χ3n) is 2.97. The number of nitrogens with one attached hydrogen (secondary N) is 1. The van der Waals surface area contributed by atoms with E-state index in [1.54, 1.807) is 11.8 Å². The van der Waals surface area contributed by atoms with Crippen LogP contribution in [0.25, 0.3) is 0 Å². The van der Waals surface area contributed by atoms with E-state index in [9.17, 15) is 5.11 Å². The maximum Gasteiger partial charge on any atom is 0.0839 e. The van der Waals surface area contributed by atoms with Crippen LogP contribution in [0.3, 0.4) is 0 Å². The van der Waals surface area contributed by atoms with Crippen molar-refractivity contribution in [3.05, 3.63) is 24.3 Å². The summed E-state index contributed by atoms with van der Waals surface area (Å²) in [5.74, 6) is 0. The molecule has 4 heteroatoms. The van der Waals surface area contributed by atoms with Crippen LogP contribution in [0.2, 0.25) is 0 Å². The molecule has 0 aliphatic rings. The van der Waals surface area contributed by atoms with Crippen molar-refractivity contribution < 1.29 is 5.11 Å². The first kappa shape index (κ1) is 15.3. The minimum absolute atomic E-state index is 0.331. The number of rotatable bonds is 8. The van der Waals surface area contributed by atoms with Crippen LogP contribution in [0.15, 0.2) is 29.2 Å². The van der Waals surface area contributed by atoms with Gasteiger partial charge in [0.25, 0.3) is 0 Å². The summed E-state index contributed by atoms with van der Waals surface area (Å²) in [6.45, 7) is 7.51. The zero-order chi connectivity index (χ0) is 13.4. The van der Waals surface area contributed by atoms with Crippen molar-refractivity contribution >= 4 is 17.4 Å². The van der Waals surface area contributed by atoms with Crippen molar-refractivity contribution in [1.29, 1.82) is 0 Å². The lowest BCUT2D eigenvalue weighted by Crippen LogP contribution is -2.35. The largest absolute Gasteiger partial charge is 0.390 e. The standard InChI is InChI=1S/C14H24N2OS/c1-4-16(5-2)11-13(17)10-15-12-7-6-8-14(9-12)18-3/h6-9,13,15,17H,4-5,10-11H2,1-3H3. The number of hydrogen-bond donors (Lipinski definition) is 2. The highest BCUT2D eigenvalue weighted by Crippen LogP contribution is 2.18. The molecule has 102 valence electrons. The normalized spacial score (nSPS) is 12.7. The van der Waals surface area contributed by atoms with Crippen molar-refractivity contribution in [1.82, 2.24) is 4.90 Å². The van der Waals surface area contributed by atoms with Gasteiger partial charge in [-0.1, -0.05) is 19.9 Å². The van der Waals surface area contributed by atoms with Gasteiger partial charge in [0.1, 0.15) is 0 Å². The minimum atomic E-state index is -0.331. The summed E-state index contributed by atoms with van der Waals surface area (Å²) in [6, 6.07) is 8.26. The first-order chi connectivity index (χ1) is 8.69. The molecule has 3 nitrogen and oxygen atoms in total. The Morgan fingerprint density at radius 3 is 2.67 bits per heavy atom. The quantitative estimate of drug-likeness (QED) is 0.710. The fourth-order valence-corrected chi connectivity index (χ4v) is 2.27. The van der Waals surface area contributed by atoms with Crippen molar-refractivity contribution in [3.63, 3.8) is 0 Å². The predicted octanol–water partition coefficient (Wildman–Crippen LogP) is 2.52. The maximum absolute atomic E-state index is 9.96. The number of likely N-dealkylation sites (N-methyl/N-ethyl adjacent to an activating group) is 1. The van der Waals surface area contributed by atoms with E-state index >= 15 is 0 Å². The monoisotopic (exact) mass is 268 g/mol. The van der Waals surface area contributed by atoms with Gasteiger partial charge >= 0.3 is 0 Å². The second-order valence-electron chi connectivity index (χ2n) is 4.25. The molecule has 1 rings (SSSR count). The van der Waals surface area contributed by atoms with Gasteiger partial charge in [-0.3, -0.25) is 0 Å². The number of anilines is 1. The van der Waals surface area contributed by atoms with Crippen LogP contribution >= 0.6 is 11.8 Å². The highest BCUT2D eigenvalue weighted by molar-refractivity contribution is 7.98. The third-order valence-corrected chi connectivity index (χ3v) is 3.70. The van der Waals surface area contributed by atoms with Gasteiger partial charge in [-0.2, -0.15) is 0 Å². The number of hydrogen-bond acceptors (Lipinski definition) is 4. The van der Waals surface area contributed by atoms with Crippen LogP contribution in [-0.4, -0.2) is 48.5 Å². The Morgan fingerprint density at radius 1 is 1.33 bits per heavy atom. The van der Waals surface area contributed by atoms with Crippen LogP contribution in [-0.2, 0) is 0 Å². The SMILES string of the molecule is CCN(CC)CC(O)CNc1cccc(SC)c1. The Morgan fingerprint density at radius 2 is 2.06 bits per heavy atom. The summed E-state index contributed by atoms with van der Waals surface area (Å²) in [7, 11) is 0. The maximum atomic E-state index is 9.96. The average molecular weight is 268 g/mol. The van der Waals surface area contributed by atoms with E-state index < -0.39 is 0 Å². The molecule has 1 unspecified atom stereocenters. The first-order valence-corrected chi connectivity index (χ1v) is 7.70. The molecular weight excluding hydrogens is 244 g/mol. The molecule has 0 aliphatic carbocycles. The van der Waals surface area contributed by atoms with E-state index in [4.69, 9.17) is 0 Å². The van der Waals surface area contributed by atoms with Crippen LogP contribution in [0, 0.1) is 0 Å². The molecule has 0 aromatic heterocycles. The molecule has 0 bridgehead atoms. The lowest BCUT2D eigenvalue weighted by atomic mass is 10.2. The highest BCUT2D eigenvalue weighted by Gasteiger charge is 2.08. The van der Waals surface area contributed by atoms with Crippen molar-refractivity contribution in [2.24, 2.45) is 0 Å². The Hall–Kier alpha value is -0.710. The molecule has 1 aromatic carbocycles. The molecule has 0 spiro atoms. The molecule has 0 radical (unpaired) electrons. The summed E-state index contributed by atoms with van der Waals surface area (Å²) in [5, 5.41) is 13.2. The van der Waals surface area contributed by atoms with Gasteiger partial charge in [-0.05, 0) is 37.5 Å². The highest BCUT2D eigenvalue weighted by atomic mass is 32.2. The second-order valence-corrected chi connectivity index (χ2v) is 5.13. The molecule has 0 saturated carbocycles. The summed E-state index contributed by atoms with van der Waals surface area (Å²) in [6.07, 6.45) is 1.73. The fourth-order valence-electron chi connectivity index (χ4n) is 1.81. The van der Waals surface area contributed by atoms with E-state index in [1.807, 2.05) is 12.1 Å². The number of nitrogens with zero attached hydrogens (tertiary/aromatic N) is 1. The van der Waals surface area contributed by atoms with Gasteiger partial charge in [0.15, 0.2) is 0 Å². The van der Waals surface area contributed by atoms with Gasteiger partial charge in [0.2, 0.25) is 0 Å². The second kappa shape index (κ2) is 8.40. The Bertz CT molecular complexity index is 342. The molecule has 0 aliphatic heterocycles. The molecule has 2 N–H and O–H groups in total. The van der Waals surface area contributed by atoms with Gasteiger partial charge in [0, 0.05) is 23.7 Å². The van der Waals surface area contributed by atoms with Gasteiger partial charge in [-0.25, -0.2) is 0 Å². The smallest absolute Gasteiger partial charge is 0.0839 e. The summed E-state index contributed by atoms with van der Waals surface area (Å²) in [4.78, 5) is 3.46. The van der Waals surface area contributed by atoms with E-state index in [0.717, 1.165) is 25.3 Å². The molecule has 18 heavy (non-hydrogen) atoms. The Kier molecular flexibility index (Phi) is 7.16. The number of thioether (sulfide) groups is 1. The predicted molar refractivity (Wildman–Crippen MR) is 80.5 cm³/mol. The summed E-state index contributed by atoms with van der Waals surface area (Å²) >= 11 is 1.72. The molecule has 0 amide bonds. The zero-order valence-corrected chi connectivity index (χ0v) is 12.3.